The molecule has 0 fully saturated rings. The molecule has 22 heavy (non-hydrogen) atoms. The summed E-state index contributed by atoms with van der Waals surface area (Å²) in [5, 5.41) is 3.76. The largest absolute Gasteiger partial charge is 0.329 e. The zero-order chi connectivity index (χ0) is 15.6. The maximum atomic E-state index is 6.19. The predicted molar refractivity (Wildman–Crippen MR) is 93.0 cm³/mol. The molecule has 116 valence electrons. The van der Waals surface area contributed by atoms with Crippen LogP contribution in [0.25, 0.3) is 0 Å². The Hall–Kier alpha value is -1.64. The third kappa shape index (κ3) is 2.94. The summed E-state index contributed by atoms with van der Waals surface area (Å²) < 4.78 is 0. The third-order valence-corrected chi connectivity index (χ3v) is 5.17. The van der Waals surface area contributed by atoms with Gasteiger partial charge in [-0.25, -0.2) is 0 Å². The van der Waals surface area contributed by atoms with Gasteiger partial charge in [-0.1, -0.05) is 42.5 Å². The van der Waals surface area contributed by atoms with Gasteiger partial charge in [0.05, 0.1) is 0 Å². The SMILES string of the molecule is Cc1ccc(C)c2c1CCC(CN)(NCc1ccccc1)C2. The molecule has 0 amide bonds. The van der Waals surface area contributed by atoms with E-state index in [0.29, 0.717) is 6.54 Å². The van der Waals surface area contributed by atoms with Crippen LogP contribution in [0, 0.1) is 13.8 Å². The summed E-state index contributed by atoms with van der Waals surface area (Å²) in [5.74, 6) is 0. The minimum absolute atomic E-state index is 0.0292. The van der Waals surface area contributed by atoms with Gasteiger partial charge in [-0.05, 0) is 60.9 Å². The van der Waals surface area contributed by atoms with Crippen molar-refractivity contribution >= 4 is 0 Å². The fourth-order valence-electron chi connectivity index (χ4n) is 3.60. The first-order chi connectivity index (χ1) is 10.6. The molecule has 2 heteroatoms. The molecule has 0 heterocycles. The first kappa shape index (κ1) is 15.3. The summed E-state index contributed by atoms with van der Waals surface area (Å²) in [6.07, 6.45) is 3.29. The van der Waals surface area contributed by atoms with Crippen molar-refractivity contribution in [3.63, 3.8) is 0 Å². The van der Waals surface area contributed by atoms with E-state index in [1.54, 1.807) is 5.56 Å². The molecule has 2 nitrogen and oxygen atoms in total. The summed E-state index contributed by atoms with van der Waals surface area (Å²) in [6.45, 7) is 6.03. The second-order valence-electron chi connectivity index (χ2n) is 6.66. The maximum Gasteiger partial charge on any atom is 0.0350 e. The van der Waals surface area contributed by atoms with E-state index in [9.17, 15) is 0 Å². The maximum absolute atomic E-state index is 6.19. The highest BCUT2D eigenvalue weighted by Crippen LogP contribution is 2.32. The monoisotopic (exact) mass is 294 g/mol. The van der Waals surface area contributed by atoms with E-state index in [1.807, 2.05) is 0 Å². The molecular weight excluding hydrogens is 268 g/mol. The van der Waals surface area contributed by atoms with E-state index in [-0.39, 0.29) is 5.54 Å². The molecule has 1 aliphatic rings. The number of fused-ring (bicyclic) bond motifs is 1. The Kier molecular flexibility index (Phi) is 4.32. The molecule has 0 aromatic heterocycles. The Morgan fingerprint density at radius 1 is 1.00 bits per heavy atom. The first-order valence-corrected chi connectivity index (χ1v) is 8.20. The van der Waals surface area contributed by atoms with Crippen molar-refractivity contribution in [1.82, 2.24) is 5.32 Å². The minimum atomic E-state index is 0.0292. The lowest BCUT2D eigenvalue weighted by molar-refractivity contribution is 0.290. The molecular formula is C20H26N2. The van der Waals surface area contributed by atoms with Crippen LogP contribution in [0.3, 0.4) is 0 Å². The van der Waals surface area contributed by atoms with Crippen LogP contribution in [0.4, 0.5) is 0 Å². The Morgan fingerprint density at radius 3 is 2.36 bits per heavy atom. The molecule has 1 atom stereocenters. The van der Waals surface area contributed by atoms with Crippen molar-refractivity contribution in [3.8, 4) is 0 Å². The van der Waals surface area contributed by atoms with Crippen LogP contribution in [-0.2, 0) is 19.4 Å². The zero-order valence-electron chi connectivity index (χ0n) is 13.7. The number of nitrogens with two attached hydrogens (primary N) is 1. The molecule has 1 unspecified atom stereocenters. The van der Waals surface area contributed by atoms with E-state index >= 15 is 0 Å². The molecule has 0 aliphatic heterocycles. The Balaban J connectivity index is 1.81. The fraction of sp³-hybridized carbons (Fsp3) is 0.400. The number of aryl methyl sites for hydroxylation is 2. The average Bonchev–Trinajstić information content (AvgIpc) is 2.57. The Labute approximate surface area is 133 Å². The van der Waals surface area contributed by atoms with Crippen molar-refractivity contribution in [2.24, 2.45) is 5.73 Å². The van der Waals surface area contributed by atoms with E-state index in [0.717, 1.165) is 25.8 Å². The lowest BCUT2D eigenvalue weighted by Crippen LogP contribution is -2.54. The highest BCUT2D eigenvalue weighted by molar-refractivity contribution is 5.43. The van der Waals surface area contributed by atoms with Crippen molar-refractivity contribution in [3.05, 3.63) is 70.3 Å². The van der Waals surface area contributed by atoms with E-state index in [4.69, 9.17) is 5.73 Å². The van der Waals surface area contributed by atoms with Crippen LogP contribution < -0.4 is 11.1 Å². The summed E-state index contributed by atoms with van der Waals surface area (Å²) in [4.78, 5) is 0. The number of hydrogen-bond acceptors (Lipinski definition) is 2. The van der Waals surface area contributed by atoms with Gasteiger partial charge in [0.25, 0.3) is 0 Å². The lowest BCUT2D eigenvalue weighted by Gasteiger charge is -2.39. The average molecular weight is 294 g/mol. The van der Waals surface area contributed by atoms with Crippen molar-refractivity contribution in [1.29, 1.82) is 0 Å². The lowest BCUT2D eigenvalue weighted by atomic mass is 9.75. The second kappa shape index (κ2) is 6.23. The van der Waals surface area contributed by atoms with E-state index < -0.39 is 0 Å². The van der Waals surface area contributed by atoms with Crippen molar-refractivity contribution in [2.75, 3.05) is 6.54 Å². The number of hydrogen-bond donors (Lipinski definition) is 2. The molecule has 2 aromatic carbocycles. The van der Waals surface area contributed by atoms with Crippen molar-refractivity contribution in [2.45, 2.75) is 45.2 Å². The molecule has 0 bridgehead atoms. The minimum Gasteiger partial charge on any atom is -0.329 e. The Bertz CT molecular complexity index is 648. The molecule has 0 spiro atoms. The number of rotatable bonds is 4. The molecule has 2 aromatic rings. The Morgan fingerprint density at radius 2 is 1.68 bits per heavy atom. The zero-order valence-corrected chi connectivity index (χ0v) is 13.7. The summed E-state index contributed by atoms with van der Waals surface area (Å²) in [5.41, 5.74) is 13.4. The molecule has 3 rings (SSSR count). The van der Waals surface area contributed by atoms with Crippen LogP contribution in [0.5, 0.6) is 0 Å². The van der Waals surface area contributed by atoms with Gasteiger partial charge >= 0.3 is 0 Å². The molecule has 0 saturated carbocycles. The fourth-order valence-corrected chi connectivity index (χ4v) is 3.60. The highest BCUT2D eigenvalue weighted by Gasteiger charge is 2.33. The van der Waals surface area contributed by atoms with Gasteiger partial charge in [-0.2, -0.15) is 0 Å². The van der Waals surface area contributed by atoms with Gasteiger partial charge in [0, 0.05) is 18.6 Å². The predicted octanol–water partition coefficient (Wildman–Crippen LogP) is 3.28. The molecule has 0 saturated heterocycles. The van der Waals surface area contributed by atoms with Crippen LogP contribution in [-0.4, -0.2) is 12.1 Å². The normalized spacial score (nSPS) is 20.7. The van der Waals surface area contributed by atoms with Crippen LogP contribution in [0.1, 0.15) is 34.2 Å². The van der Waals surface area contributed by atoms with Gasteiger partial charge < -0.3 is 11.1 Å². The molecule has 3 N–H and O–H groups in total. The topological polar surface area (TPSA) is 38.0 Å². The highest BCUT2D eigenvalue weighted by atomic mass is 15.0. The number of benzene rings is 2. The summed E-state index contributed by atoms with van der Waals surface area (Å²) in [6, 6.07) is 15.1. The second-order valence-corrected chi connectivity index (χ2v) is 6.66. The summed E-state index contributed by atoms with van der Waals surface area (Å²) >= 11 is 0. The number of nitrogens with one attached hydrogen (secondary N) is 1. The van der Waals surface area contributed by atoms with Gasteiger partial charge in [0.15, 0.2) is 0 Å². The van der Waals surface area contributed by atoms with E-state index in [2.05, 4.69) is 61.6 Å². The first-order valence-electron chi connectivity index (χ1n) is 8.20. The van der Waals surface area contributed by atoms with Gasteiger partial charge in [-0.3, -0.25) is 0 Å². The smallest absolute Gasteiger partial charge is 0.0350 e. The van der Waals surface area contributed by atoms with Crippen LogP contribution in [0.2, 0.25) is 0 Å². The quantitative estimate of drug-likeness (QED) is 0.908. The van der Waals surface area contributed by atoms with Crippen molar-refractivity contribution < 1.29 is 0 Å². The van der Waals surface area contributed by atoms with Gasteiger partial charge in [-0.15, -0.1) is 0 Å². The third-order valence-electron chi connectivity index (χ3n) is 5.17. The van der Waals surface area contributed by atoms with Crippen LogP contribution >= 0.6 is 0 Å². The molecule has 0 radical (unpaired) electrons. The van der Waals surface area contributed by atoms with E-state index in [1.165, 1.54) is 22.3 Å². The van der Waals surface area contributed by atoms with Gasteiger partial charge in [0.2, 0.25) is 0 Å². The summed E-state index contributed by atoms with van der Waals surface area (Å²) in [7, 11) is 0. The molecule has 1 aliphatic carbocycles. The van der Waals surface area contributed by atoms with Gasteiger partial charge in [0.1, 0.15) is 0 Å². The standard InChI is InChI=1S/C20H26N2/c1-15-8-9-16(2)19-12-20(14-21,11-10-18(15)19)22-13-17-6-4-3-5-7-17/h3-9,22H,10-14,21H2,1-2H3. The van der Waals surface area contributed by atoms with Crippen LogP contribution in [0.15, 0.2) is 42.5 Å².